The van der Waals surface area contributed by atoms with Gasteiger partial charge in [0.2, 0.25) is 5.91 Å². The van der Waals surface area contributed by atoms with Crippen molar-refractivity contribution in [2.24, 2.45) is 0 Å². The van der Waals surface area contributed by atoms with E-state index in [0.717, 1.165) is 16.1 Å². The van der Waals surface area contributed by atoms with Crippen molar-refractivity contribution in [2.45, 2.75) is 17.1 Å². The SMILES string of the molecule is Cc1ccc2c(c1)C(Sc1ccc3ccccc3c1)C(=O)N2. The second-order valence-corrected chi connectivity index (χ2v) is 6.77. The lowest BCUT2D eigenvalue weighted by Crippen LogP contribution is -2.08. The predicted molar refractivity (Wildman–Crippen MR) is 92.4 cm³/mol. The Balaban J connectivity index is 1.70. The van der Waals surface area contributed by atoms with Crippen molar-refractivity contribution in [1.82, 2.24) is 0 Å². The minimum absolute atomic E-state index is 0.0683. The lowest BCUT2D eigenvalue weighted by Gasteiger charge is -2.10. The monoisotopic (exact) mass is 305 g/mol. The Bertz CT molecular complexity index is 887. The molecule has 3 heteroatoms. The molecule has 0 saturated carbocycles. The number of nitrogens with one attached hydrogen (secondary N) is 1. The summed E-state index contributed by atoms with van der Waals surface area (Å²) in [5, 5.41) is 5.23. The third kappa shape index (κ3) is 2.28. The molecular formula is C19H15NOS. The van der Waals surface area contributed by atoms with Gasteiger partial charge >= 0.3 is 0 Å². The fourth-order valence-electron chi connectivity index (χ4n) is 2.85. The summed E-state index contributed by atoms with van der Waals surface area (Å²) in [5.74, 6) is 0.0683. The smallest absolute Gasteiger partial charge is 0.242 e. The Morgan fingerprint density at radius 2 is 1.77 bits per heavy atom. The molecule has 0 aliphatic carbocycles. The Kier molecular flexibility index (Phi) is 3.16. The topological polar surface area (TPSA) is 29.1 Å². The number of rotatable bonds is 2. The van der Waals surface area contributed by atoms with Crippen molar-refractivity contribution in [3.8, 4) is 0 Å². The third-order valence-corrected chi connectivity index (χ3v) is 5.19. The van der Waals surface area contributed by atoms with Crippen LogP contribution in [0.5, 0.6) is 0 Å². The van der Waals surface area contributed by atoms with Crippen molar-refractivity contribution < 1.29 is 4.79 Å². The van der Waals surface area contributed by atoms with Gasteiger partial charge < -0.3 is 5.32 Å². The van der Waals surface area contributed by atoms with Crippen LogP contribution in [0, 0.1) is 6.92 Å². The van der Waals surface area contributed by atoms with Crippen molar-refractivity contribution in [2.75, 3.05) is 5.32 Å². The molecule has 1 unspecified atom stereocenters. The molecule has 1 aliphatic rings. The fraction of sp³-hybridized carbons (Fsp3) is 0.105. The van der Waals surface area contributed by atoms with E-state index < -0.39 is 0 Å². The average Bonchev–Trinajstić information content (AvgIpc) is 2.83. The number of benzene rings is 3. The molecule has 0 saturated heterocycles. The van der Waals surface area contributed by atoms with E-state index in [1.54, 1.807) is 11.8 Å². The first-order valence-corrected chi connectivity index (χ1v) is 8.15. The highest BCUT2D eigenvalue weighted by Crippen LogP contribution is 2.44. The van der Waals surface area contributed by atoms with Gasteiger partial charge in [0.1, 0.15) is 5.25 Å². The van der Waals surface area contributed by atoms with Gasteiger partial charge in [-0.15, -0.1) is 11.8 Å². The molecule has 108 valence electrons. The summed E-state index contributed by atoms with van der Waals surface area (Å²) in [6, 6.07) is 20.8. The van der Waals surface area contributed by atoms with Crippen LogP contribution < -0.4 is 5.32 Å². The minimum Gasteiger partial charge on any atom is -0.325 e. The Morgan fingerprint density at radius 3 is 2.64 bits per heavy atom. The number of amides is 1. The quantitative estimate of drug-likeness (QED) is 0.727. The average molecular weight is 305 g/mol. The molecule has 0 aromatic heterocycles. The minimum atomic E-state index is -0.170. The second-order valence-electron chi connectivity index (χ2n) is 5.59. The van der Waals surface area contributed by atoms with Gasteiger partial charge in [0.05, 0.1) is 0 Å². The highest BCUT2D eigenvalue weighted by molar-refractivity contribution is 8.00. The summed E-state index contributed by atoms with van der Waals surface area (Å²) in [6.45, 7) is 2.06. The van der Waals surface area contributed by atoms with Gasteiger partial charge in [-0.3, -0.25) is 4.79 Å². The largest absolute Gasteiger partial charge is 0.325 e. The summed E-state index contributed by atoms with van der Waals surface area (Å²) in [6.07, 6.45) is 0. The molecule has 3 aromatic rings. The van der Waals surface area contributed by atoms with Gasteiger partial charge in [0, 0.05) is 10.6 Å². The molecule has 2 nitrogen and oxygen atoms in total. The Hall–Kier alpha value is -2.26. The van der Waals surface area contributed by atoms with Crippen molar-refractivity contribution >= 4 is 34.1 Å². The van der Waals surface area contributed by atoms with Crippen LogP contribution >= 0.6 is 11.8 Å². The van der Waals surface area contributed by atoms with Gasteiger partial charge in [-0.25, -0.2) is 0 Å². The van der Waals surface area contributed by atoms with Crippen LogP contribution in [0.25, 0.3) is 10.8 Å². The van der Waals surface area contributed by atoms with E-state index in [2.05, 4.69) is 48.6 Å². The number of anilines is 1. The number of aryl methyl sites for hydroxylation is 1. The fourth-order valence-corrected chi connectivity index (χ4v) is 3.95. The molecule has 0 spiro atoms. The first-order chi connectivity index (χ1) is 10.7. The van der Waals surface area contributed by atoms with Crippen LogP contribution in [0.2, 0.25) is 0 Å². The number of carbonyl (C=O) groups excluding carboxylic acids is 1. The molecule has 1 aliphatic heterocycles. The number of hydrogen-bond acceptors (Lipinski definition) is 2. The lowest BCUT2D eigenvalue weighted by atomic mass is 10.1. The molecule has 1 amide bonds. The molecule has 4 rings (SSSR count). The van der Waals surface area contributed by atoms with E-state index in [9.17, 15) is 4.79 Å². The van der Waals surface area contributed by atoms with Crippen LogP contribution in [-0.4, -0.2) is 5.91 Å². The lowest BCUT2D eigenvalue weighted by molar-refractivity contribution is -0.115. The summed E-state index contributed by atoms with van der Waals surface area (Å²) in [4.78, 5) is 13.4. The van der Waals surface area contributed by atoms with Crippen LogP contribution in [0.1, 0.15) is 16.4 Å². The maximum absolute atomic E-state index is 12.3. The highest BCUT2D eigenvalue weighted by atomic mass is 32.2. The van der Waals surface area contributed by atoms with Gasteiger partial charge in [-0.2, -0.15) is 0 Å². The summed E-state index contributed by atoms with van der Waals surface area (Å²) < 4.78 is 0. The standard InChI is InChI=1S/C19H15NOS/c1-12-6-9-17-16(10-12)18(19(21)20-17)22-15-8-7-13-4-2-3-5-14(13)11-15/h2-11,18H,1H3,(H,20,21). The van der Waals surface area contributed by atoms with Crippen LogP contribution in [0.4, 0.5) is 5.69 Å². The number of carbonyl (C=O) groups is 1. The zero-order chi connectivity index (χ0) is 15.1. The van der Waals surface area contributed by atoms with E-state index in [1.165, 1.54) is 16.3 Å². The number of hydrogen-bond donors (Lipinski definition) is 1. The summed E-state index contributed by atoms with van der Waals surface area (Å²) >= 11 is 1.61. The zero-order valence-corrected chi connectivity index (χ0v) is 13.0. The predicted octanol–water partition coefficient (Wildman–Crippen LogP) is 4.93. The molecule has 0 radical (unpaired) electrons. The van der Waals surface area contributed by atoms with E-state index in [4.69, 9.17) is 0 Å². The van der Waals surface area contributed by atoms with Gasteiger partial charge in [0.25, 0.3) is 0 Å². The molecule has 1 atom stereocenters. The summed E-state index contributed by atoms with van der Waals surface area (Å²) in [5.41, 5.74) is 3.21. The molecule has 1 N–H and O–H groups in total. The van der Waals surface area contributed by atoms with Crippen molar-refractivity contribution in [3.05, 3.63) is 71.8 Å². The van der Waals surface area contributed by atoms with Crippen LogP contribution in [0.15, 0.2) is 65.6 Å². The Labute approximate surface area is 133 Å². The molecule has 0 fully saturated rings. The first-order valence-electron chi connectivity index (χ1n) is 7.27. The van der Waals surface area contributed by atoms with Crippen molar-refractivity contribution in [1.29, 1.82) is 0 Å². The highest BCUT2D eigenvalue weighted by Gasteiger charge is 2.31. The first kappa shape index (κ1) is 13.4. The maximum atomic E-state index is 12.3. The van der Waals surface area contributed by atoms with E-state index in [1.807, 2.05) is 24.3 Å². The normalized spacial score (nSPS) is 16.6. The van der Waals surface area contributed by atoms with Crippen LogP contribution in [-0.2, 0) is 4.79 Å². The maximum Gasteiger partial charge on any atom is 0.242 e. The van der Waals surface area contributed by atoms with Crippen LogP contribution in [0.3, 0.4) is 0 Å². The molecule has 22 heavy (non-hydrogen) atoms. The second kappa shape index (κ2) is 5.18. The number of fused-ring (bicyclic) bond motifs is 2. The van der Waals surface area contributed by atoms with E-state index >= 15 is 0 Å². The Morgan fingerprint density at radius 1 is 0.955 bits per heavy atom. The molecule has 1 heterocycles. The van der Waals surface area contributed by atoms with Gasteiger partial charge in [-0.1, -0.05) is 48.0 Å². The third-order valence-electron chi connectivity index (χ3n) is 3.96. The van der Waals surface area contributed by atoms with Gasteiger partial charge in [-0.05, 0) is 41.5 Å². The number of thioether (sulfide) groups is 1. The molecule has 0 bridgehead atoms. The molecule has 3 aromatic carbocycles. The van der Waals surface area contributed by atoms with E-state index in [0.29, 0.717) is 0 Å². The van der Waals surface area contributed by atoms with E-state index in [-0.39, 0.29) is 11.2 Å². The van der Waals surface area contributed by atoms with Crippen molar-refractivity contribution in [3.63, 3.8) is 0 Å². The zero-order valence-electron chi connectivity index (χ0n) is 12.2. The summed E-state index contributed by atoms with van der Waals surface area (Å²) in [7, 11) is 0. The molecular weight excluding hydrogens is 290 g/mol. The van der Waals surface area contributed by atoms with Gasteiger partial charge in [0.15, 0.2) is 0 Å².